The van der Waals surface area contributed by atoms with Gasteiger partial charge in [-0.1, -0.05) is 48.0 Å². The van der Waals surface area contributed by atoms with E-state index in [2.05, 4.69) is 22.0 Å². The molecule has 4 aromatic carbocycles. The monoisotopic (exact) mass is 409 g/mol. The smallest absolute Gasteiger partial charge is 0.255 e. The summed E-state index contributed by atoms with van der Waals surface area (Å²) in [7, 11) is 0. The van der Waals surface area contributed by atoms with Gasteiger partial charge < -0.3 is 16.0 Å². The van der Waals surface area contributed by atoms with E-state index in [-0.39, 0.29) is 18.4 Å². The van der Waals surface area contributed by atoms with Crippen LogP contribution in [0.1, 0.15) is 15.9 Å². The minimum Gasteiger partial charge on any atom is -0.376 e. The van der Waals surface area contributed by atoms with Gasteiger partial charge >= 0.3 is 0 Å². The minimum absolute atomic E-state index is 0.148. The fraction of sp³-hybridized carbons (Fsp3) is 0.0769. The van der Waals surface area contributed by atoms with Crippen LogP contribution in [0.5, 0.6) is 0 Å². The summed E-state index contributed by atoms with van der Waals surface area (Å²) in [6, 6.07) is 28.6. The lowest BCUT2D eigenvalue weighted by Gasteiger charge is -2.10. The van der Waals surface area contributed by atoms with Crippen molar-refractivity contribution in [2.24, 2.45) is 0 Å². The Kier molecular flexibility index (Phi) is 5.94. The van der Waals surface area contributed by atoms with Crippen LogP contribution in [0.4, 0.5) is 17.1 Å². The van der Waals surface area contributed by atoms with E-state index in [0.29, 0.717) is 16.9 Å². The van der Waals surface area contributed by atoms with Gasteiger partial charge in [-0.3, -0.25) is 9.59 Å². The molecule has 154 valence electrons. The van der Waals surface area contributed by atoms with Crippen molar-refractivity contribution in [1.82, 2.24) is 0 Å². The summed E-state index contributed by atoms with van der Waals surface area (Å²) >= 11 is 0. The highest BCUT2D eigenvalue weighted by atomic mass is 16.2. The van der Waals surface area contributed by atoms with Gasteiger partial charge in [0, 0.05) is 22.6 Å². The molecule has 5 heteroatoms. The van der Waals surface area contributed by atoms with Crippen molar-refractivity contribution in [3.63, 3.8) is 0 Å². The third-order valence-electron chi connectivity index (χ3n) is 4.91. The van der Waals surface area contributed by atoms with Crippen molar-refractivity contribution in [2.75, 3.05) is 22.5 Å². The molecular weight excluding hydrogens is 386 g/mol. The van der Waals surface area contributed by atoms with Gasteiger partial charge in [0.25, 0.3) is 5.91 Å². The van der Waals surface area contributed by atoms with Crippen LogP contribution in [0.2, 0.25) is 0 Å². The molecule has 0 atom stereocenters. The van der Waals surface area contributed by atoms with Crippen LogP contribution >= 0.6 is 0 Å². The van der Waals surface area contributed by atoms with Gasteiger partial charge in [-0.15, -0.1) is 0 Å². The van der Waals surface area contributed by atoms with Gasteiger partial charge in [-0.2, -0.15) is 0 Å². The summed E-state index contributed by atoms with van der Waals surface area (Å²) in [5, 5.41) is 11.1. The predicted molar refractivity (Wildman–Crippen MR) is 127 cm³/mol. The van der Waals surface area contributed by atoms with E-state index in [4.69, 9.17) is 0 Å². The SMILES string of the molecule is Cc1cccc(C(=O)Nc2ccc(NC(=O)CNc3ccc4ccccc4c3)cc2)c1. The lowest BCUT2D eigenvalue weighted by atomic mass is 10.1. The van der Waals surface area contributed by atoms with Gasteiger partial charge in [0.15, 0.2) is 0 Å². The first-order valence-corrected chi connectivity index (χ1v) is 10.1. The van der Waals surface area contributed by atoms with E-state index in [1.807, 2.05) is 61.5 Å². The Morgan fingerprint density at radius 3 is 2.10 bits per heavy atom. The molecule has 0 aromatic heterocycles. The summed E-state index contributed by atoms with van der Waals surface area (Å²) in [5.74, 6) is -0.315. The zero-order valence-electron chi connectivity index (χ0n) is 17.2. The molecule has 0 unspecified atom stereocenters. The van der Waals surface area contributed by atoms with Crippen LogP contribution in [-0.4, -0.2) is 18.4 Å². The number of hydrogen-bond donors (Lipinski definition) is 3. The van der Waals surface area contributed by atoms with Gasteiger partial charge in [0.1, 0.15) is 0 Å². The highest BCUT2D eigenvalue weighted by Crippen LogP contribution is 2.19. The molecule has 0 spiro atoms. The summed E-state index contributed by atoms with van der Waals surface area (Å²) in [6.07, 6.45) is 0. The molecule has 0 aliphatic rings. The van der Waals surface area contributed by atoms with E-state index in [1.54, 1.807) is 30.3 Å². The quantitative estimate of drug-likeness (QED) is 0.396. The van der Waals surface area contributed by atoms with Crippen LogP contribution in [-0.2, 0) is 4.79 Å². The summed E-state index contributed by atoms with van der Waals surface area (Å²) in [5.41, 5.74) is 3.86. The Morgan fingerprint density at radius 2 is 1.35 bits per heavy atom. The van der Waals surface area contributed by atoms with Crippen LogP contribution in [0.25, 0.3) is 10.8 Å². The number of amides is 2. The van der Waals surface area contributed by atoms with Crippen molar-refractivity contribution >= 4 is 39.6 Å². The summed E-state index contributed by atoms with van der Waals surface area (Å²) < 4.78 is 0. The third kappa shape index (κ3) is 5.28. The maximum absolute atomic E-state index is 12.3. The zero-order chi connectivity index (χ0) is 21.6. The molecule has 5 nitrogen and oxygen atoms in total. The number of anilines is 3. The first kappa shape index (κ1) is 20.2. The molecule has 4 rings (SSSR count). The number of aryl methyl sites for hydroxylation is 1. The topological polar surface area (TPSA) is 70.2 Å². The van der Waals surface area contributed by atoms with Crippen molar-refractivity contribution in [3.05, 3.63) is 102 Å². The fourth-order valence-corrected chi connectivity index (χ4v) is 3.31. The van der Waals surface area contributed by atoms with Gasteiger partial charge in [0.05, 0.1) is 6.54 Å². The standard InChI is InChI=1S/C26H23N3O2/c1-18-5-4-8-21(15-18)26(31)29-23-13-11-22(12-14-23)28-25(30)17-27-24-10-9-19-6-2-3-7-20(19)16-24/h2-16,27H,17H2,1H3,(H,28,30)(H,29,31). The predicted octanol–water partition coefficient (Wildman–Crippen LogP) is 5.45. The number of benzene rings is 4. The maximum atomic E-state index is 12.3. The first-order chi connectivity index (χ1) is 15.1. The van der Waals surface area contributed by atoms with Crippen LogP contribution in [0.15, 0.2) is 91.0 Å². The molecule has 0 heterocycles. The Bertz CT molecular complexity index is 1230. The van der Waals surface area contributed by atoms with E-state index >= 15 is 0 Å². The number of nitrogens with one attached hydrogen (secondary N) is 3. The number of hydrogen-bond acceptors (Lipinski definition) is 3. The fourth-order valence-electron chi connectivity index (χ4n) is 3.31. The molecule has 0 fully saturated rings. The molecule has 0 saturated carbocycles. The second kappa shape index (κ2) is 9.13. The van der Waals surface area contributed by atoms with Crippen LogP contribution in [0, 0.1) is 6.92 Å². The molecule has 3 N–H and O–H groups in total. The Morgan fingerprint density at radius 1 is 0.677 bits per heavy atom. The zero-order valence-corrected chi connectivity index (χ0v) is 17.2. The van der Waals surface area contributed by atoms with Crippen molar-refractivity contribution in [2.45, 2.75) is 6.92 Å². The molecule has 31 heavy (non-hydrogen) atoms. The molecule has 0 radical (unpaired) electrons. The van der Waals surface area contributed by atoms with E-state index in [1.165, 1.54) is 0 Å². The highest BCUT2D eigenvalue weighted by Gasteiger charge is 2.07. The van der Waals surface area contributed by atoms with Crippen LogP contribution in [0.3, 0.4) is 0 Å². The number of fused-ring (bicyclic) bond motifs is 1. The lowest BCUT2D eigenvalue weighted by molar-refractivity contribution is -0.114. The molecule has 2 amide bonds. The van der Waals surface area contributed by atoms with Crippen molar-refractivity contribution in [1.29, 1.82) is 0 Å². The largest absolute Gasteiger partial charge is 0.376 e. The summed E-state index contributed by atoms with van der Waals surface area (Å²) in [4.78, 5) is 24.6. The van der Waals surface area contributed by atoms with E-state index in [9.17, 15) is 9.59 Å². The van der Waals surface area contributed by atoms with Gasteiger partial charge in [-0.05, 0) is 66.2 Å². The molecule has 0 aliphatic heterocycles. The van der Waals surface area contributed by atoms with Crippen LogP contribution < -0.4 is 16.0 Å². The second-order valence-corrected chi connectivity index (χ2v) is 7.36. The summed E-state index contributed by atoms with van der Waals surface area (Å²) in [6.45, 7) is 2.10. The number of carbonyl (C=O) groups excluding carboxylic acids is 2. The number of rotatable bonds is 6. The number of carbonyl (C=O) groups is 2. The molecule has 0 bridgehead atoms. The van der Waals surface area contributed by atoms with E-state index in [0.717, 1.165) is 22.0 Å². The van der Waals surface area contributed by atoms with Gasteiger partial charge in [-0.25, -0.2) is 0 Å². The van der Waals surface area contributed by atoms with Gasteiger partial charge in [0.2, 0.25) is 5.91 Å². The molecule has 0 aliphatic carbocycles. The highest BCUT2D eigenvalue weighted by molar-refractivity contribution is 6.04. The average Bonchev–Trinajstić information content (AvgIpc) is 2.79. The first-order valence-electron chi connectivity index (χ1n) is 10.1. The minimum atomic E-state index is -0.167. The Balaban J connectivity index is 1.30. The molecule has 0 saturated heterocycles. The normalized spacial score (nSPS) is 10.5. The van der Waals surface area contributed by atoms with Crippen molar-refractivity contribution in [3.8, 4) is 0 Å². The van der Waals surface area contributed by atoms with E-state index < -0.39 is 0 Å². The van der Waals surface area contributed by atoms with Crippen molar-refractivity contribution < 1.29 is 9.59 Å². The Labute approximate surface area is 181 Å². The average molecular weight is 409 g/mol. The third-order valence-corrected chi connectivity index (χ3v) is 4.91. The Hall–Kier alpha value is -4.12. The molecule has 4 aromatic rings. The second-order valence-electron chi connectivity index (χ2n) is 7.36. The molecular formula is C26H23N3O2. The lowest BCUT2D eigenvalue weighted by Crippen LogP contribution is -2.21. The maximum Gasteiger partial charge on any atom is 0.255 e.